The first kappa shape index (κ1) is 22.3. The summed E-state index contributed by atoms with van der Waals surface area (Å²) in [6.07, 6.45) is 5.94. The number of ether oxygens (including phenoxy) is 1. The quantitative estimate of drug-likeness (QED) is 0.541. The van der Waals surface area contributed by atoms with Crippen molar-refractivity contribution in [1.82, 2.24) is 25.1 Å². The maximum atomic E-state index is 12.0. The van der Waals surface area contributed by atoms with E-state index in [9.17, 15) is 9.90 Å². The third-order valence-electron chi connectivity index (χ3n) is 6.91. The van der Waals surface area contributed by atoms with Crippen molar-refractivity contribution in [3.05, 3.63) is 53.4 Å². The van der Waals surface area contributed by atoms with Gasteiger partial charge in [0.05, 0.1) is 24.0 Å². The van der Waals surface area contributed by atoms with Crippen molar-refractivity contribution in [2.45, 2.75) is 32.1 Å². The van der Waals surface area contributed by atoms with Crippen LogP contribution in [0.2, 0.25) is 0 Å². The van der Waals surface area contributed by atoms with Crippen LogP contribution in [0.5, 0.6) is 6.01 Å². The Balaban J connectivity index is 1.47. The van der Waals surface area contributed by atoms with Gasteiger partial charge < -0.3 is 19.6 Å². The van der Waals surface area contributed by atoms with Crippen LogP contribution in [0.1, 0.15) is 34.7 Å². The number of hydrogen-bond acceptors (Lipinski definition) is 7. The summed E-state index contributed by atoms with van der Waals surface area (Å²) >= 11 is 0. The molecule has 1 unspecified atom stereocenters. The van der Waals surface area contributed by atoms with E-state index in [-0.39, 0.29) is 19.1 Å². The number of anilines is 1. The largest absolute Gasteiger partial charge is 0.461 e. The number of piperazine rings is 1. The van der Waals surface area contributed by atoms with Crippen molar-refractivity contribution < 1.29 is 14.6 Å². The number of rotatable bonds is 6. The topological polar surface area (TPSA) is 107 Å². The van der Waals surface area contributed by atoms with Gasteiger partial charge in [-0.2, -0.15) is 15.1 Å². The van der Waals surface area contributed by atoms with E-state index >= 15 is 0 Å². The number of amides is 1. The molecule has 0 radical (unpaired) electrons. The van der Waals surface area contributed by atoms with Gasteiger partial charge in [0.2, 0.25) is 5.91 Å². The zero-order chi connectivity index (χ0) is 23.7. The van der Waals surface area contributed by atoms with Gasteiger partial charge in [0.1, 0.15) is 12.4 Å². The van der Waals surface area contributed by atoms with E-state index < -0.39 is 0 Å². The van der Waals surface area contributed by atoms with E-state index in [1.54, 1.807) is 0 Å². The molecule has 2 aliphatic rings. The molecule has 0 saturated carbocycles. The zero-order valence-electron chi connectivity index (χ0n) is 19.5. The van der Waals surface area contributed by atoms with Crippen molar-refractivity contribution >= 4 is 22.6 Å². The van der Waals surface area contributed by atoms with Crippen LogP contribution in [0.15, 0.2) is 31.0 Å². The molecule has 3 aromatic rings. The Morgan fingerprint density at radius 1 is 1.29 bits per heavy atom. The molecule has 2 N–H and O–H groups in total. The maximum Gasteiger partial charge on any atom is 0.318 e. The highest BCUT2D eigenvalue weighted by atomic mass is 16.5. The number of nitrogens with one attached hydrogen (secondary N) is 1. The summed E-state index contributed by atoms with van der Waals surface area (Å²) in [6.45, 7) is 8.45. The van der Waals surface area contributed by atoms with Crippen LogP contribution in [0.4, 0.5) is 5.82 Å². The molecule has 3 heterocycles. The lowest BCUT2D eigenvalue weighted by atomic mass is 9.79. The summed E-state index contributed by atoms with van der Waals surface area (Å²) in [5, 5.41) is 17.8. The second-order valence-corrected chi connectivity index (χ2v) is 8.91. The van der Waals surface area contributed by atoms with Crippen LogP contribution in [0, 0.1) is 6.92 Å². The van der Waals surface area contributed by atoms with Gasteiger partial charge in [0.15, 0.2) is 0 Å². The molecule has 0 bridgehead atoms. The maximum absolute atomic E-state index is 12.0. The third kappa shape index (κ3) is 4.11. The number of carbonyl (C=O) groups excluding carboxylic acids is 1. The lowest BCUT2D eigenvalue weighted by Gasteiger charge is -2.37. The van der Waals surface area contributed by atoms with Crippen LogP contribution in [-0.4, -0.2) is 75.5 Å². The molecule has 34 heavy (non-hydrogen) atoms. The molecule has 9 heteroatoms. The molecule has 1 atom stereocenters. The van der Waals surface area contributed by atoms with Crippen molar-refractivity contribution in [3.63, 3.8) is 0 Å². The van der Waals surface area contributed by atoms with Gasteiger partial charge in [0.25, 0.3) is 0 Å². The molecule has 2 aromatic heterocycles. The Bertz CT molecular complexity index is 1210. The van der Waals surface area contributed by atoms with Gasteiger partial charge in [-0.15, -0.1) is 0 Å². The predicted octanol–water partition coefficient (Wildman–Crippen LogP) is 2.14. The molecular formula is C25H30N6O3. The van der Waals surface area contributed by atoms with Gasteiger partial charge in [-0.05, 0) is 55.4 Å². The SMILES string of the molecule is C=CC(=O)N1CCN(c2nc(OCCO)nc3c2CCC(c2c(C)ccc4[nH]ncc24)C3)CC1. The van der Waals surface area contributed by atoms with Gasteiger partial charge in [-0.3, -0.25) is 9.89 Å². The molecule has 1 aromatic carbocycles. The summed E-state index contributed by atoms with van der Waals surface area (Å²) in [4.78, 5) is 25.5. The summed E-state index contributed by atoms with van der Waals surface area (Å²) in [5.74, 6) is 1.17. The zero-order valence-corrected chi connectivity index (χ0v) is 19.5. The highest BCUT2D eigenvalue weighted by Gasteiger charge is 2.30. The highest BCUT2D eigenvalue weighted by Crippen LogP contribution is 2.40. The fraction of sp³-hybridized carbons (Fsp3) is 0.440. The molecule has 1 aliphatic carbocycles. The fourth-order valence-corrected chi connectivity index (χ4v) is 5.24. The monoisotopic (exact) mass is 462 g/mol. The normalized spacial score (nSPS) is 18.1. The predicted molar refractivity (Wildman–Crippen MR) is 129 cm³/mol. The smallest absolute Gasteiger partial charge is 0.318 e. The first-order chi connectivity index (χ1) is 16.6. The van der Waals surface area contributed by atoms with Gasteiger partial charge in [-0.25, -0.2) is 0 Å². The number of hydrogen-bond donors (Lipinski definition) is 2. The van der Waals surface area contributed by atoms with E-state index in [0.29, 0.717) is 38.1 Å². The van der Waals surface area contributed by atoms with Crippen LogP contribution < -0.4 is 9.64 Å². The van der Waals surface area contributed by atoms with Crippen molar-refractivity contribution in [1.29, 1.82) is 0 Å². The standard InChI is InChI=1S/C25H30N6O3/c1-3-22(33)30-8-10-31(11-9-30)24-18-6-5-17(14-21(18)27-25(28-24)34-13-12-32)23-16(2)4-7-20-19(23)15-26-29-20/h3-4,7,15,17,32H,1,5-6,8-14H2,2H3,(H,26,29). The first-order valence-corrected chi connectivity index (χ1v) is 11.8. The average Bonchev–Trinajstić information content (AvgIpc) is 3.35. The Hall–Kier alpha value is -3.46. The number of fused-ring (bicyclic) bond motifs is 2. The van der Waals surface area contributed by atoms with Crippen molar-refractivity contribution in [3.8, 4) is 6.01 Å². The Kier molecular flexibility index (Phi) is 6.19. The molecule has 1 amide bonds. The molecule has 178 valence electrons. The summed E-state index contributed by atoms with van der Waals surface area (Å²) in [6, 6.07) is 4.53. The number of H-pyrrole nitrogens is 1. The van der Waals surface area contributed by atoms with E-state index in [1.165, 1.54) is 22.6 Å². The Morgan fingerprint density at radius 2 is 2.12 bits per heavy atom. The number of carbonyl (C=O) groups is 1. The number of aromatic nitrogens is 4. The molecule has 5 rings (SSSR count). The minimum Gasteiger partial charge on any atom is -0.461 e. The number of aliphatic hydroxyl groups excluding tert-OH is 1. The second-order valence-electron chi connectivity index (χ2n) is 8.91. The van der Waals surface area contributed by atoms with Gasteiger partial charge in [0, 0.05) is 37.1 Å². The number of aryl methyl sites for hydroxylation is 1. The Morgan fingerprint density at radius 3 is 2.88 bits per heavy atom. The van der Waals surface area contributed by atoms with Crippen LogP contribution in [0.3, 0.4) is 0 Å². The van der Waals surface area contributed by atoms with E-state index in [1.807, 2.05) is 11.1 Å². The van der Waals surface area contributed by atoms with E-state index in [0.717, 1.165) is 41.9 Å². The minimum absolute atomic E-state index is 0.0389. The number of nitrogens with zero attached hydrogens (tertiary/aromatic N) is 5. The van der Waals surface area contributed by atoms with Crippen LogP contribution >= 0.6 is 0 Å². The van der Waals surface area contributed by atoms with Crippen molar-refractivity contribution in [2.75, 3.05) is 44.3 Å². The fourth-order valence-electron chi connectivity index (χ4n) is 5.24. The van der Waals surface area contributed by atoms with E-state index in [4.69, 9.17) is 14.7 Å². The third-order valence-corrected chi connectivity index (χ3v) is 6.91. The molecule has 0 spiro atoms. The highest BCUT2D eigenvalue weighted by molar-refractivity contribution is 5.87. The molecule has 1 aliphatic heterocycles. The molecular weight excluding hydrogens is 432 g/mol. The molecule has 9 nitrogen and oxygen atoms in total. The minimum atomic E-state index is -0.0948. The lowest BCUT2D eigenvalue weighted by molar-refractivity contribution is -0.126. The second kappa shape index (κ2) is 9.42. The van der Waals surface area contributed by atoms with Gasteiger partial charge in [-0.1, -0.05) is 12.6 Å². The summed E-state index contributed by atoms with van der Waals surface area (Å²) in [7, 11) is 0. The first-order valence-electron chi connectivity index (χ1n) is 11.8. The Labute approximate surface area is 198 Å². The van der Waals surface area contributed by atoms with Crippen LogP contribution in [-0.2, 0) is 17.6 Å². The summed E-state index contributed by atoms with van der Waals surface area (Å²) in [5.41, 5.74) is 5.79. The lowest BCUT2D eigenvalue weighted by Crippen LogP contribution is -2.49. The number of aliphatic hydroxyl groups is 1. The number of aromatic amines is 1. The van der Waals surface area contributed by atoms with Crippen molar-refractivity contribution in [2.24, 2.45) is 0 Å². The average molecular weight is 463 g/mol. The molecule has 1 fully saturated rings. The number of benzene rings is 1. The molecule has 1 saturated heterocycles. The summed E-state index contributed by atoms with van der Waals surface area (Å²) < 4.78 is 5.66. The van der Waals surface area contributed by atoms with Crippen LogP contribution in [0.25, 0.3) is 10.9 Å². The van der Waals surface area contributed by atoms with Gasteiger partial charge >= 0.3 is 6.01 Å². The van der Waals surface area contributed by atoms with E-state index in [2.05, 4.69) is 40.7 Å².